The van der Waals surface area contributed by atoms with Crippen LogP contribution in [0, 0.1) is 53.3 Å². The third kappa shape index (κ3) is 6.77. The van der Waals surface area contributed by atoms with Crippen LogP contribution in [0.4, 0.5) is 0 Å². The van der Waals surface area contributed by atoms with Crippen LogP contribution in [-0.4, -0.2) is 56.9 Å². The number of benzene rings is 1. The van der Waals surface area contributed by atoms with Gasteiger partial charge in [0.2, 0.25) is 5.91 Å². The summed E-state index contributed by atoms with van der Waals surface area (Å²) in [4.78, 5) is 12.5. The van der Waals surface area contributed by atoms with Crippen molar-refractivity contribution in [2.45, 2.75) is 109 Å². The van der Waals surface area contributed by atoms with Gasteiger partial charge in [-0.1, -0.05) is 38.5 Å². The molecule has 44 heavy (non-hydrogen) atoms. The van der Waals surface area contributed by atoms with Gasteiger partial charge in [0.05, 0.1) is 22.9 Å². The van der Waals surface area contributed by atoms with Crippen molar-refractivity contribution in [2.75, 3.05) is 12.3 Å². The maximum absolute atomic E-state index is 13.0. The Bertz CT molecular complexity index is 1410. The fourth-order valence-corrected chi connectivity index (χ4v) is 11.6. The third-order valence-electron chi connectivity index (χ3n) is 12.5. The molecule has 11 heteroatoms. The summed E-state index contributed by atoms with van der Waals surface area (Å²) in [6.45, 7) is 8.83. The highest BCUT2D eigenvalue weighted by molar-refractivity contribution is 7.86. The number of rotatable bonds is 10. The lowest BCUT2D eigenvalue weighted by molar-refractivity contribution is -0.172. The second kappa shape index (κ2) is 12.6. The molecule has 4 saturated carbocycles. The Morgan fingerprint density at radius 2 is 1.66 bits per heavy atom. The van der Waals surface area contributed by atoms with Crippen molar-refractivity contribution >= 4 is 26.1 Å². The zero-order valence-corrected chi connectivity index (χ0v) is 28.2. The van der Waals surface area contributed by atoms with E-state index in [9.17, 15) is 26.7 Å². The predicted octanol–water partition coefficient (Wildman–Crippen LogP) is 5.12. The number of aliphatic hydroxyl groups excluding tert-OH is 1. The van der Waals surface area contributed by atoms with Gasteiger partial charge in [0, 0.05) is 13.0 Å². The van der Waals surface area contributed by atoms with Crippen LogP contribution in [0.5, 0.6) is 0 Å². The number of hydrogen-bond donors (Lipinski definition) is 3. The van der Waals surface area contributed by atoms with E-state index >= 15 is 0 Å². The molecule has 4 fully saturated rings. The lowest BCUT2D eigenvalue weighted by atomic mass is 9.43. The van der Waals surface area contributed by atoms with Crippen LogP contribution in [0.25, 0.3) is 0 Å². The zero-order chi connectivity index (χ0) is 32.1. The average Bonchev–Trinajstić information content (AvgIpc) is 3.29. The van der Waals surface area contributed by atoms with E-state index in [1.165, 1.54) is 0 Å². The van der Waals surface area contributed by atoms with Crippen molar-refractivity contribution < 1.29 is 35.5 Å². The van der Waals surface area contributed by atoms with E-state index in [2.05, 4.69) is 26.1 Å². The van der Waals surface area contributed by atoms with Gasteiger partial charge >= 0.3 is 0 Å². The fraction of sp³-hybridized carbons (Fsp3) is 0.788. The predicted molar refractivity (Wildman–Crippen MR) is 168 cm³/mol. The second-order valence-corrected chi connectivity index (χ2v) is 18.1. The number of amides is 1. The Morgan fingerprint density at radius 3 is 2.34 bits per heavy atom. The minimum Gasteiger partial charge on any atom is -0.393 e. The molecule has 0 spiro atoms. The summed E-state index contributed by atoms with van der Waals surface area (Å²) in [6, 6.07) is 6.77. The van der Waals surface area contributed by atoms with Crippen molar-refractivity contribution in [1.82, 2.24) is 5.32 Å². The lowest BCUT2D eigenvalue weighted by Crippen LogP contribution is -2.58. The normalized spacial score (nSPS) is 37.8. The van der Waals surface area contributed by atoms with Gasteiger partial charge in [-0.15, -0.1) is 0 Å². The third-order valence-corrected chi connectivity index (χ3v) is 14.6. The maximum atomic E-state index is 13.0. The van der Waals surface area contributed by atoms with Crippen molar-refractivity contribution in [3.05, 3.63) is 29.8 Å². The Kier molecular flexibility index (Phi) is 9.67. The van der Waals surface area contributed by atoms with Gasteiger partial charge in [0.1, 0.15) is 0 Å². The molecule has 0 heterocycles. The molecule has 5 rings (SSSR count). The monoisotopic (exact) mass is 653 g/mol. The van der Waals surface area contributed by atoms with Crippen LogP contribution < -0.4 is 5.32 Å². The highest BCUT2D eigenvalue weighted by Gasteiger charge is 2.63. The minimum atomic E-state index is -4.10. The van der Waals surface area contributed by atoms with Gasteiger partial charge in [0.25, 0.3) is 20.2 Å². The SMILES string of the molecule is Cc1ccc(S(=O)(=O)O[C@@H]2CC[C@@]3(C)C(C2)C[C@H](O)[C@H]2[C@@H]4CC[C@H]([C@H](C)CCC(=O)NCCS(=O)(=O)O)[C@@]4(C)CC[C@@H]23)cc1. The van der Waals surface area contributed by atoms with E-state index in [0.717, 1.165) is 37.7 Å². The molecule has 0 aliphatic heterocycles. The summed E-state index contributed by atoms with van der Waals surface area (Å²) >= 11 is 0. The Morgan fingerprint density at radius 1 is 1.00 bits per heavy atom. The zero-order valence-electron chi connectivity index (χ0n) is 26.6. The first kappa shape index (κ1) is 33.8. The Balaban J connectivity index is 1.21. The van der Waals surface area contributed by atoms with E-state index in [4.69, 9.17) is 8.74 Å². The van der Waals surface area contributed by atoms with Crippen LogP contribution in [-0.2, 0) is 29.2 Å². The number of aliphatic hydroxyl groups is 1. The van der Waals surface area contributed by atoms with Gasteiger partial charge in [-0.25, -0.2) is 0 Å². The van der Waals surface area contributed by atoms with Crippen LogP contribution in [0.3, 0.4) is 0 Å². The quantitative estimate of drug-likeness (QED) is 0.233. The highest BCUT2D eigenvalue weighted by Crippen LogP contribution is 2.68. The van der Waals surface area contributed by atoms with Gasteiger partial charge in [-0.3, -0.25) is 13.5 Å². The number of nitrogens with one attached hydrogen (secondary N) is 1. The maximum Gasteiger partial charge on any atom is 0.297 e. The largest absolute Gasteiger partial charge is 0.393 e. The minimum absolute atomic E-state index is 0.0442. The van der Waals surface area contributed by atoms with Crippen molar-refractivity contribution in [3.8, 4) is 0 Å². The first-order valence-corrected chi connectivity index (χ1v) is 19.4. The van der Waals surface area contributed by atoms with E-state index < -0.39 is 32.1 Å². The molecule has 4 aliphatic carbocycles. The molecule has 0 aromatic heterocycles. The van der Waals surface area contributed by atoms with Crippen LogP contribution in [0.2, 0.25) is 0 Å². The number of fused-ring (bicyclic) bond motifs is 5. The number of hydrogen-bond acceptors (Lipinski definition) is 7. The summed E-state index contributed by atoms with van der Waals surface area (Å²) in [5.74, 6) is 1.34. The Hall–Kier alpha value is -1.53. The van der Waals surface area contributed by atoms with Crippen molar-refractivity contribution in [3.63, 3.8) is 0 Å². The standard InChI is InChI=1S/C33H51NO8S2/c1-21-5-8-25(9-6-21)44(40,41)42-24-13-15-32(3)23(19-24)20-29(35)31-27-11-10-26(33(27,4)16-14-28(31)32)22(2)7-12-30(36)34-17-18-43(37,38)39/h5-6,8-9,22-24,26-29,31,35H,7,10-20H2,1-4H3,(H,34,36)(H,37,38,39)/t22-,23?,24-,26-,27+,28+,29+,31+,32+,33-/m1/s1. The summed E-state index contributed by atoms with van der Waals surface area (Å²) in [6.07, 6.45) is 7.46. The molecule has 4 aliphatic rings. The van der Waals surface area contributed by atoms with E-state index in [1.54, 1.807) is 24.3 Å². The summed E-state index contributed by atoms with van der Waals surface area (Å²) in [5.41, 5.74) is 1.13. The molecular formula is C33H51NO8S2. The van der Waals surface area contributed by atoms with Gasteiger partial charge in [-0.05, 0) is 123 Å². The van der Waals surface area contributed by atoms with Crippen molar-refractivity contribution in [2.24, 2.45) is 46.3 Å². The van der Waals surface area contributed by atoms with Crippen LogP contribution >= 0.6 is 0 Å². The van der Waals surface area contributed by atoms with Gasteiger partial charge < -0.3 is 10.4 Å². The van der Waals surface area contributed by atoms with Gasteiger partial charge in [-0.2, -0.15) is 16.8 Å². The number of carbonyl (C=O) groups excluding carboxylic acids is 1. The topological polar surface area (TPSA) is 147 Å². The van der Waals surface area contributed by atoms with E-state index in [1.807, 2.05) is 6.92 Å². The first-order valence-electron chi connectivity index (χ1n) is 16.4. The molecule has 248 valence electrons. The lowest BCUT2D eigenvalue weighted by Gasteiger charge is -2.62. The summed E-state index contributed by atoms with van der Waals surface area (Å²) in [7, 11) is -7.95. The van der Waals surface area contributed by atoms with Gasteiger partial charge in [0.15, 0.2) is 0 Å². The van der Waals surface area contributed by atoms with E-state index in [0.29, 0.717) is 55.8 Å². The van der Waals surface area contributed by atoms with Crippen molar-refractivity contribution in [1.29, 1.82) is 0 Å². The Labute approximate surface area is 263 Å². The summed E-state index contributed by atoms with van der Waals surface area (Å²) < 4.78 is 62.6. The highest BCUT2D eigenvalue weighted by atomic mass is 32.2. The van der Waals surface area contributed by atoms with Crippen LogP contribution in [0.1, 0.15) is 90.5 Å². The molecule has 1 amide bonds. The molecule has 0 saturated heterocycles. The number of carbonyl (C=O) groups is 1. The molecule has 0 bridgehead atoms. The van der Waals surface area contributed by atoms with Crippen LogP contribution in [0.15, 0.2) is 29.2 Å². The number of aryl methyl sites for hydroxylation is 1. The summed E-state index contributed by atoms with van der Waals surface area (Å²) in [5, 5.41) is 14.3. The molecule has 10 atom stereocenters. The molecule has 9 nitrogen and oxygen atoms in total. The molecule has 1 aromatic carbocycles. The molecule has 3 N–H and O–H groups in total. The molecule has 1 aromatic rings. The molecular weight excluding hydrogens is 602 g/mol. The average molecular weight is 654 g/mol. The smallest absolute Gasteiger partial charge is 0.297 e. The van der Waals surface area contributed by atoms with E-state index in [-0.39, 0.29) is 46.1 Å². The fourth-order valence-electron chi connectivity index (χ4n) is 10.2. The molecule has 1 unspecified atom stereocenters. The second-order valence-electron chi connectivity index (χ2n) is 14.9. The molecule has 0 radical (unpaired) electrons. The first-order chi connectivity index (χ1) is 20.5.